The highest BCUT2D eigenvalue weighted by Crippen LogP contribution is 2.33. The molecule has 0 saturated carbocycles. The van der Waals surface area contributed by atoms with E-state index in [0.29, 0.717) is 13.0 Å². The van der Waals surface area contributed by atoms with Crippen LogP contribution in [-0.4, -0.2) is 45.4 Å². The van der Waals surface area contributed by atoms with E-state index in [-0.39, 0.29) is 0 Å². The Labute approximate surface area is 114 Å². The smallest absolute Gasteiger partial charge is 0.310 e. The molecule has 5 nitrogen and oxygen atoms in total. The number of carboxylic acids is 1. The van der Waals surface area contributed by atoms with Crippen molar-refractivity contribution in [2.24, 2.45) is 12.5 Å². The molecule has 0 spiro atoms. The summed E-state index contributed by atoms with van der Waals surface area (Å²) in [5.41, 5.74) is 0.679. The van der Waals surface area contributed by atoms with Gasteiger partial charge >= 0.3 is 5.97 Å². The summed E-state index contributed by atoms with van der Waals surface area (Å²) in [6.45, 7) is 4.59. The zero-order valence-corrected chi connectivity index (χ0v) is 11.8. The molecule has 2 heterocycles. The Morgan fingerprint density at radius 3 is 2.95 bits per heavy atom. The van der Waals surface area contributed by atoms with Crippen LogP contribution in [-0.2, 0) is 18.3 Å². The van der Waals surface area contributed by atoms with Gasteiger partial charge in [0.15, 0.2) is 0 Å². The Kier molecular flexibility index (Phi) is 4.24. The second-order valence-corrected chi connectivity index (χ2v) is 5.59. The third kappa shape index (κ3) is 3.15. The molecular formula is C14H23N3O2. The van der Waals surface area contributed by atoms with E-state index in [9.17, 15) is 9.90 Å². The molecule has 0 aromatic carbocycles. The predicted octanol–water partition coefficient (Wildman–Crippen LogP) is 1.54. The lowest BCUT2D eigenvalue weighted by atomic mass is 9.77. The van der Waals surface area contributed by atoms with Gasteiger partial charge in [-0.05, 0) is 37.8 Å². The number of rotatable bonds is 5. The van der Waals surface area contributed by atoms with Crippen LogP contribution >= 0.6 is 0 Å². The van der Waals surface area contributed by atoms with Gasteiger partial charge in [0.1, 0.15) is 0 Å². The molecule has 0 amide bonds. The van der Waals surface area contributed by atoms with Crippen molar-refractivity contribution in [1.29, 1.82) is 0 Å². The maximum absolute atomic E-state index is 11.5. The van der Waals surface area contributed by atoms with E-state index in [2.05, 4.69) is 10.00 Å². The van der Waals surface area contributed by atoms with Crippen molar-refractivity contribution in [2.75, 3.05) is 19.6 Å². The van der Waals surface area contributed by atoms with Crippen LogP contribution in [0.15, 0.2) is 12.4 Å². The fraction of sp³-hybridized carbons (Fsp3) is 0.714. The fourth-order valence-corrected chi connectivity index (χ4v) is 2.92. The monoisotopic (exact) mass is 265 g/mol. The molecule has 5 heteroatoms. The van der Waals surface area contributed by atoms with Crippen molar-refractivity contribution in [1.82, 2.24) is 14.7 Å². The number of hydrogen-bond acceptors (Lipinski definition) is 3. The summed E-state index contributed by atoms with van der Waals surface area (Å²) >= 11 is 0. The molecule has 2 rings (SSSR count). The van der Waals surface area contributed by atoms with E-state index in [1.54, 1.807) is 4.68 Å². The Morgan fingerprint density at radius 1 is 1.58 bits per heavy atom. The molecule has 1 saturated heterocycles. The summed E-state index contributed by atoms with van der Waals surface area (Å²) in [5.74, 6) is -0.638. The summed E-state index contributed by atoms with van der Waals surface area (Å²) in [6, 6.07) is 0. The first kappa shape index (κ1) is 14.1. The lowest BCUT2D eigenvalue weighted by molar-refractivity contribution is -0.152. The van der Waals surface area contributed by atoms with Gasteiger partial charge in [-0.3, -0.25) is 9.48 Å². The minimum atomic E-state index is -0.638. The first-order valence-electron chi connectivity index (χ1n) is 6.99. The maximum atomic E-state index is 11.5. The Balaban J connectivity index is 1.92. The van der Waals surface area contributed by atoms with Gasteiger partial charge in [0.2, 0.25) is 0 Å². The summed E-state index contributed by atoms with van der Waals surface area (Å²) in [4.78, 5) is 13.8. The third-order valence-electron chi connectivity index (χ3n) is 4.26. The van der Waals surface area contributed by atoms with Crippen LogP contribution in [0.4, 0.5) is 0 Å². The number of piperidine rings is 1. The van der Waals surface area contributed by atoms with Gasteiger partial charge in [-0.1, -0.05) is 6.92 Å². The van der Waals surface area contributed by atoms with E-state index in [1.165, 1.54) is 5.56 Å². The van der Waals surface area contributed by atoms with Crippen LogP contribution in [0.25, 0.3) is 0 Å². The number of aromatic nitrogens is 2. The van der Waals surface area contributed by atoms with Gasteiger partial charge < -0.3 is 10.0 Å². The Morgan fingerprint density at radius 2 is 2.37 bits per heavy atom. The van der Waals surface area contributed by atoms with Crippen molar-refractivity contribution < 1.29 is 9.90 Å². The molecule has 1 fully saturated rings. The maximum Gasteiger partial charge on any atom is 0.310 e. The highest BCUT2D eigenvalue weighted by Gasteiger charge is 2.40. The molecule has 1 atom stereocenters. The second kappa shape index (κ2) is 5.74. The zero-order valence-electron chi connectivity index (χ0n) is 11.8. The number of nitrogens with zero attached hydrogens (tertiary/aromatic N) is 3. The lowest BCUT2D eigenvalue weighted by Gasteiger charge is -2.39. The molecule has 19 heavy (non-hydrogen) atoms. The highest BCUT2D eigenvalue weighted by molar-refractivity contribution is 5.75. The standard InChI is InChI=1S/C14H23N3O2/c1-3-14(13(18)19)6-4-7-17(11-14)8-5-12-9-15-16(2)10-12/h9-10H,3-8,11H2,1-2H3,(H,18,19). The average Bonchev–Trinajstić information content (AvgIpc) is 2.82. The van der Waals surface area contributed by atoms with Crippen molar-refractivity contribution in [3.8, 4) is 0 Å². The van der Waals surface area contributed by atoms with Crippen molar-refractivity contribution in [2.45, 2.75) is 32.6 Å². The Bertz CT molecular complexity index is 444. The number of hydrogen-bond donors (Lipinski definition) is 1. The van der Waals surface area contributed by atoms with Crippen LogP contribution in [0.3, 0.4) is 0 Å². The number of likely N-dealkylation sites (tertiary alicyclic amines) is 1. The summed E-state index contributed by atoms with van der Waals surface area (Å²) in [7, 11) is 1.91. The Hall–Kier alpha value is -1.36. The average molecular weight is 265 g/mol. The molecule has 0 radical (unpaired) electrons. The third-order valence-corrected chi connectivity index (χ3v) is 4.26. The van der Waals surface area contributed by atoms with Gasteiger partial charge in [0.05, 0.1) is 11.6 Å². The molecule has 0 aliphatic carbocycles. The lowest BCUT2D eigenvalue weighted by Crippen LogP contribution is -2.48. The molecule has 1 unspecified atom stereocenters. The van der Waals surface area contributed by atoms with Gasteiger partial charge in [0.25, 0.3) is 0 Å². The molecule has 1 aliphatic rings. The molecule has 1 aliphatic heterocycles. The van der Waals surface area contributed by atoms with Crippen LogP contribution in [0.5, 0.6) is 0 Å². The van der Waals surface area contributed by atoms with Crippen LogP contribution < -0.4 is 0 Å². The SMILES string of the molecule is CCC1(C(=O)O)CCCN(CCc2cnn(C)c2)C1. The number of aryl methyl sites for hydroxylation is 1. The van der Waals surface area contributed by atoms with Gasteiger partial charge in [0, 0.05) is 26.3 Å². The first-order valence-corrected chi connectivity index (χ1v) is 6.99. The number of carbonyl (C=O) groups is 1. The first-order chi connectivity index (χ1) is 9.05. The van der Waals surface area contributed by atoms with Crippen molar-refractivity contribution in [3.63, 3.8) is 0 Å². The zero-order chi connectivity index (χ0) is 13.9. The normalized spacial score (nSPS) is 24.5. The topological polar surface area (TPSA) is 58.4 Å². The quantitative estimate of drug-likeness (QED) is 0.877. The van der Waals surface area contributed by atoms with E-state index in [4.69, 9.17) is 0 Å². The highest BCUT2D eigenvalue weighted by atomic mass is 16.4. The van der Waals surface area contributed by atoms with E-state index in [1.807, 2.05) is 26.4 Å². The number of aliphatic carboxylic acids is 1. The molecule has 1 aromatic heterocycles. The summed E-state index contributed by atoms with van der Waals surface area (Å²) in [6.07, 6.45) is 7.34. The minimum absolute atomic E-state index is 0.535. The summed E-state index contributed by atoms with van der Waals surface area (Å²) < 4.78 is 1.80. The number of carboxylic acid groups (broad SMARTS) is 1. The fourth-order valence-electron chi connectivity index (χ4n) is 2.92. The van der Waals surface area contributed by atoms with E-state index in [0.717, 1.165) is 32.4 Å². The second-order valence-electron chi connectivity index (χ2n) is 5.59. The van der Waals surface area contributed by atoms with E-state index < -0.39 is 11.4 Å². The van der Waals surface area contributed by atoms with Crippen molar-refractivity contribution >= 4 is 5.97 Å². The van der Waals surface area contributed by atoms with Gasteiger partial charge in [-0.25, -0.2) is 0 Å². The van der Waals surface area contributed by atoms with Crippen molar-refractivity contribution in [3.05, 3.63) is 18.0 Å². The molecule has 1 N–H and O–H groups in total. The van der Waals surface area contributed by atoms with Crippen LogP contribution in [0, 0.1) is 5.41 Å². The molecule has 106 valence electrons. The van der Waals surface area contributed by atoms with Gasteiger partial charge in [-0.2, -0.15) is 5.10 Å². The van der Waals surface area contributed by atoms with Crippen LogP contribution in [0.1, 0.15) is 31.7 Å². The van der Waals surface area contributed by atoms with Crippen LogP contribution in [0.2, 0.25) is 0 Å². The molecular weight excluding hydrogens is 242 g/mol. The largest absolute Gasteiger partial charge is 0.481 e. The molecule has 0 bridgehead atoms. The van der Waals surface area contributed by atoms with Gasteiger partial charge in [-0.15, -0.1) is 0 Å². The molecule has 1 aromatic rings. The minimum Gasteiger partial charge on any atom is -0.481 e. The van der Waals surface area contributed by atoms with E-state index >= 15 is 0 Å². The summed E-state index contributed by atoms with van der Waals surface area (Å²) in [5, 5.41) is 13.6. The predicted molar refractivity (Wildman–Crippen MR) is 72.9 cm³/mol.